The molecule has 104 valence electrons. The lowest BCUT2D eigenvalue weighted by Crippen LogP contribution is -1.96. The molecule has 18 heavy (non-hydrogen) atoms. The van der Waals surface area contributed by atoms with Crippen LogP contribution in [0.5, 0.6) is 0 Å². The van der Waals surface area contributed by atoms with Gasteiger partial charge in [-0.1, -0.05) is 17.7 Å². The molecule has 0 spiro atoms. The summed E-state index contributed by atoms with van der Waals surface area (Å²) in [6.45, 7) is 2.34. The molecule has 0 aromatic heterocycles. The molecule has 6 heteroatoms. The highest BCUT2D eigenvalue weighted by Gasteiger charge is 2.06. The van der Waals surface area contributed by atoms with Crippen molar-refractivity contribution in [1.29, 1.82) is 0 Å². The summed E-state index contributed by atoms with van der Waals surface area (Å²) >= 11 is 0. The van der Waals surface area contributed by atoms with Gasteiger partial charge in [0.15, 0.2) is 0 Å². The Balaban J connectivity index is 0.000000360. The van der Waals surface area contributed by atoms with Crippen molar-refractivity contribution in [2.45, 2.75) is 31.1 Å². The summed E-state index contributed by atoms with van der Waals surface area (Å²) in [5, 5.41) is 16.4. The van der Waals surface area contributed by atoms with E-state index in [-0.39, 0.29) is 18.1 Å². The minimum absolute atomic E-state index is 0.0666. The maximum atomic E-state index is 10.5. The Bertz CT molecular complexity index is 407. The Morgan fingerprint density at radius 1 is 0.944 bits per heavy atom. The number of aliphatic hydroxyl groups excluding tert-OH is 2. The predicted octanol–water partition coefficient (Wildman–Crippen LogP) is 1.38. The molecule has 1 rings (SSSR count). The fourth-order valence-corrected chi connectivity index (χ4v) is 1.59. The van der Waals surface area contributed by atoms with E-state index in [1.807, 2.05) is 6.92 Å². The second kappa shape index (κ2) is 9.04. The van der Waals surface area contributed by atoms with Gasteiger partial charge in [0.1, 0.15) is 0 Å². The first-order chi connectivity index (χ1) is 8.41. The number of hydrogen-bond donors (Lipinski definition) is 3. The van der Waals surface area contributed by atoms with Crippen LogP contribution < -0.4 is 0 Å². The topological polar surface area (TPSA) is 94.8 Å². The lowest BCUT2D eigenvalue weighted by molar-refractivity contribution is 0.257. The van der Waals surface area contributed by atoms with E-state index in [4.69, 9.17) is 14.8 Å². The van der Waals surface area contributed by atoms with Crippen molar-refractivity contribution >= 4 is 10.1 Å². The molecule has 0 aliphatic carbocycles. The average Bonchev–Trinajstić information content (AvgIpc) is 2.30. The Labute approximate surface area is 108 Å². The molecule has 0 bridgehead atoms. The standard InChI is InChI=1S/C7H8O3S.C5H12O2/c1-6-2-4-7(5-3-6)11(8,9)10;6-4-2-1-3-5-7/h2-5H,1H3,(H,8,9,10);6-7H,1-5H2. The lowest BCUT2D eigenvalue weighted by Gasteiger charge is -1.95. The highest BCUT2D eigenvalue weighted by atomic mass is 32.2. The van der Waals surface area contributed by atoms with E-state index in [1.54, 1.807) is 12.1 Å². The SMILES string of the molecule is Cc1ccc(S(=O)(=O)O)cc1.OCCCCCO. The summed E-state index contributed by atoms with van der Waals surface area (Å²) in [5.41, 5.74) is 0.956. The molecule has 0 atom stereocenters. The van der Waals surface area contributed by atoms with Crippen LogP contribution in [0.1, 0.15) is 24.8 Å². The highest BCUT2D eigenvalue weighted by molar-refractivity contribution is 7.85. The summed E-state index contributed by atoms with van der Waals surface area (Å²) in [4.78, 5) is -0.0666. The van der Waals surface area contributed by atoms with Gasteiger partial charge in [-0.3, -0.25) is 4.55 Å². The van der Waals surface area contributed by atoms with Gasteiger partial charge in [0.2, 0.25) is 0 Å². The molecule has 0 saturated carbocycles. The van der Waals surface area contributed by atoms with E-state index in [1.165, 1.54) is 12.1 Å². The fraction of sp³-hybridized carbons (Fsp3) is 0.500. The highest BCUT2D eigenvalue weighted by Crippen LogP contribution is 2.08. The quantitative estimate of drug-likeness (QED) is 0.558. The van der Waals surface area contributed by atoms with Crippen LogP contribution in [0.4, 0.5) is 0 Å². The fourth-order valence-electron chi connectivity index (χ4n) is 1.11. The molecule has 0 saturated heterocycles. The smallest absolute Gasteiger partial charge is 0.294 e. The third-order valence-corrected chi connectivity index (χ3v) is 3.00. The van der Waals surface area contributed by atoms with Gasteiger partial charge in [-0.05, 0) is 38.3 Å². The van der Waals surface area contributed by atoms with Crippen LogP contribution in [-0.2, 0) is 10.1 Å². The summed E-state index contributed by atoms with van der Waals surface area (Å²) < 4.78 is 29.6. The second-order valence-electron chi connectivity index (χ2n) is 3.80. The van der Waals surface area contributed by atoms with Gasteiger partial charge in [-0.2, -0.15) is 8.42 Å². The Morgan fingerprint density at radius 2 is 1.39 bits per heavy atom. The van der Waals surface area contributed by atoms with E-state index in [0.29, 0.717) is 0 Å². The zero-order valence-electron chi connectivity index (χ0n) is 10.4. The third kappa shape index (κ3) is 8.19. The van der Waals surface area contributed by atoms with Crippen LogP contribution in [-0.4, -0.2) is 36.4 Å². The zero-order valence-corrected chi connectivity index (χ0v) is 11.2. The van der Waals surface area contributed by atoms with Crippen molar-refractivity contribution in [1.82, 2.24) is 0 Å². The van der Waals surface area contributed by atoms with Crippen LogP contribution in [0.25, 0.3) is 0 Å². The Kier molecular flexibility index (Phi) is 8.57. The van der Waals surface area contributed by atoms with Crippen LogP contribution in [0.15, 0.2) is 29.2 Å². The first-order valence-electron chi connectivity index (χ1n) is 5.67. The number of aryl methyl sites for hydroxylation is 1. The van der Waals surface area contributed by atoms with Crippen molar-refractivity contribution in [3.05, 3.63) is 29.8 Å². The molecular weight excluding hydrogens is 256 g/mol. The second-order valence-corrected chi connectivity index (χ2v) is 5.22. The molecule has 0 unspecified atom stereocenters. The van der Waals surface area contributed by atoms with Gasteiger partial charge >= 0.3 is 0 Å². The molecule has 5 nitrogen and oxygen atoms in total. The predicted molar refractivity (Wildman–Crippen MR) is 69.0 cm³/mol. The van der Waals surface area contributed by atoms with Gasteiger partial charge in [-0.25, -0.2) is 0 Å². The largest absolute Gasteiger partial charge is 0.396 e. The molecule has 0 heterocycles. The maximum absolute atomic E-state index is 10.5. The van der Waals surface area contributed by atoms with E-state index in [0.717, 1.165) is 24.8 Å². The molecule has 0 aliphatic heterocycles. The van der Waals surface area contributed by atoms with Gasteiger partial charge in [0.05, 0.1) is 4.90 Å². The van der Waals surface area contributed by atoms with Crippen LogP contribution in [0, 0.1) is 6.92 Å². The van der Waals surface area contributed by atoms with Gasteiger partial charge in [0, 0.05) is 13.2 Å². The number of rotatable bonds is 5. The average molecular weight is 276 g/mol. The molecule has 0 fully saturated rings. The van der Waals surface area contributed by atoms with Gasteiger partial charge in [-0.15, -0.1) is 0 Å². The Morgan fingerprint density at radius 3 is 1.72 bits per heavy atom. The van der Waals surface area contributed by atoms with E-state index < -0.39 is 10.1 Å². The normalized spacial score (nSPS) is 10.7. The van der Waals surface area contributed by atoms with Crippen molar-refractivity contribution < 1.29 is 23.2 Å². The first-order valence-corrected chi connectivity index (χ1v) is 7.11. The van der Waals surface area contributed by atoms with Crippen molar-refractivity contribution in [3.63, 3.8) is 0 Å². The molecule has 1 aromatic rings. The summed E-state index contributed by atoms with van der Waals surface area (Å²) in [7, 11) is -4.02. The third-order valence-electron chi connectivity index (χ3n) is 2.14. The number of aliphatic hydroxyl groups is 2. The van der Waals surface area contributed by atoms with Gasteiger partial charge in [0.25, 0.3) is 10.1 Å². The van der Waals surface area contributed by atoms with E-state index in [2.05, 4.69) is 0 Å². The number of hydrogen-bond acceptors (Lipinski definition) is 4. The summed E-state index contributed by atoms with van der Waals surface area (Å²) in [6, 6.07) is 5.99. The Hall–Kier alpha value is -0.950. The minimum atomic E-state index is -4.02. The lowest BCUT2D eigenvalue weighted by atomic mass is 10.2. The van der Waals surface area contributed by atoms with Crippen molar-refractivity contribution in [2.24, 2.45) is 0 Å². The molecule has 3 N–H and O–H groups in total. The molecule has 0 amide bonds. The molecule has 0 radical (unpaired) electrons. The van der Waals surface area contributed by atoms with Crippen molar-refractivity contribution in [2.75, 3.05) is 13.2 Å². The van der Waals surface area contributed by atoms with E-state index >= 15 is 0 Å². The zero-order chi connectivity index (χ0) is 14.0. The van der Waals surface area contributed by atoms with Crippen LogP contribution in [0.3, 0.4) is 0 Å². The summed E-state index contributed by atoms with van der Waals surface area (Å²) in [5.74, 6) is 0. The monoisotopic (exact) mass is 276 g/mol. The summed E-state index contributed by atoms with van der Waals surface area (Å²) in [6.07, 6.45) is 2.58. The van der Waals surface area contributed by atoms with Gasteiger partial charge < -0.3 is 10.2 Å². The van der Waals surface area contributed by atoms with E-state index in [9.17, 15) is 8.42 Å². The van der Waals surface area contributed by atoms with Crippen LogP contribution in [0.2, 0.25) is 0 Å². The van der Waals surface area contributed by atoms with Crippen LogP contribution >= 0.6 is 0 Å². The molecular formula is C12H20O5S. The van der Waals surface area contributed by atoms with Crippen molar-refractivity contribution in [3.8, 4) is 0 Å². The maximum Gasteiger partial charge on any atom is 0.294 e. The minimum Gasteiger partial charge on any atom is -0.396 e. The molecule has 1 aromatic carbocycles. The number of benzene rings is 1. The first kappa shape index (κ1) is 17.1. The number of unbranched alkanes of at least 4 members (excludes halogenated alkanes) is 2. The molecule has 0 aliphatic rings.